The number of aromatic carboxylic acids is 1. The number of nitrogens with one attached hydrogen (secondary N) is 2. The number of benzene rings is 1. The van der Waals surface area contributed by atoms with Crippen LogP contribution in [0.1, 0.15) is 24.2 Å². The summed E-state index contributed by atoms with van der Waals surface area (Å²) in [6.45, 7) is 3.47. The first-order chi connectivity index (χ1) is 9.72. The summed E-state index contributed by atoms with van der Waals surface area (Å²) in [6, 6.07) is 2.72. The lowest BCUT2D eigenvalue weighted by atomic mass is 10.0. The quantitative estimate of drug-likeness (QED) is 0.641. The number of primary amides is 1. The Balaban J connectivity index is 3.03. The minimum absolute atomic E-state index is 0.0480. The zero-order valence-electron chi connectivity index (χ0n) is 11.5. The van der Waals surface area contributed by atoms with Gasteiger partial charge in [0.15, 0.2) is 0 Å². The number of rotatable bonds is 5. The smallest absolute Gasteiger partial charge is 0.337 e. The topological polar surface area (TPSA) is 122 Å². The molecule has 7 nitrogen and oxygen atoms in total. The van der Waals surface area contributed by atoms with Crippen LogP contribution >= 0.6 is 15.9 Å². The van der Waals surface area contributed by atoms with Gasteiger partial charge in [0.25, 0.3) is 0 Å². The Hall–Kier alpha value is -2.09. The molecule has 5 N–H and O–H groups in total. The number of hydrogen-bond acceptors (Lipinski definition) is 3. The molecule has 0 aliphatic carbocycles. The number of carboxylic acid groups (broad SMARTS) is 1. The first kappa shape index (κ1) is 17.0. The lowest BCUT2D eigenvalue weighted by Gasteiger charge is -2.21. The molecular weight excluding hydrogens is 342 g/mol. The Morgan fingerprint density at radius 3 is 2.38 bits per heavy atom. The largest absolute Gasteiger partial charge is 0.478 e. The molecule has 0 aliphatic rings. The molecule has 1 aromatic carbocycles. The van der Waals surface area contributed by atoms with Crippen LogP contribution < -0.4 is 16.4 Å². The van der Waals surface area contributed by atoms with Gasteiger partial charge in [0.2, 0.25) is 5.91 Å². The minimum Gasteiger partial charge on any atom is -0.478 e. The van der Waals surface area contributed by atoms with E-state index >= 15 is 0 Å². The average Bonchev–Trinajstić information content (AvgIpc) is 2.34. The van der Waals surface area contributed by atoms with Crippen LogP contribution in [0.5, 0.6) is 0 Å². The average molecular weight is 358 g/mol. The van der Waals surface area contributed by atoms with Crippen molar-refractivity contribution in [3.8, 4) is 0 Å². The summed E-state index contributed by atoms with van der Waals surface area (Å²) >= 11 is 3.21. The van der Waals surface area contributed by atoms with Crippen LogP contribution in [0, 0.1) is 5.92 Å². The maximum absolute atomic E-state index is 12.2. The molecule has 3 amide bonds. The molecule has 114 valence electrons. The van der Waals surface area contributed by atoms with Crippen molar-refractivity contribution < 1.29 is 19.5 Å². The van der Waals surface area contributed by atoms with Gasteiger partial charge in [-0.2, -0.15) is 0 Å². The number of nitrogens with two attached hydrogens (primary N) is 1. The molecule has 0 aliphatic heterocycles. The van der Waals surface area contributed by atoms with E-state index in [1.54, 1.807) is 19.9 Å². The Labute approximate surface area is 130 Å². The molecule has 0 aromatic heterocycles. The number of carbonyl (C=O) groups is 3. The van der Waals surface area contributed by atoms with E-state index < -0.39 is 23.9 Å². The second kappa shape index (κ2) is 7.07. The number of halogens is 1. The van der Waals surface area contributed by atoms with Gasteiger partial charge in [0, 0.05) is 4.47 Å². The van der Waals surface area contributed by atoms with Gasteiger partial charge in [-0.15, -0.1) is 0 Å². The predicted molar refractivity (Wildman–Crippen MR) is 81.1 cm³/mol. The lowest BCUT2D eigenvalue weighted by molar-refractivity contribution is -0.118. The molecule has 0 heterocycles. The highest BCUT2D eigenvalue weighted by Gasteiger charge is 2.24. The fourth-order valence-corrected chi connectivity index (χ4v) is 2.07. The predicted octanol–water partition coefficient (Wildman–Crippen LogP) is 1.78. The minimum atomic E-state index is -1.17. The number of urea groups is 1. The first-order valence-corrected chi connectivity index (χ1v) is 6.91. The second-order valence-electron chi connectivity index (χ2n) is 4.71. The van der Waals surface area contributed by atoms with Crippen molar-refractivity contribution in [3.05, 3.63) is 28.2 Å². The van der Waals surface area contributed by atoms with Gasteiger partial charge in [-0.05, 0) is 24.1 Å². The Morgan fingerprint density at radius 1 is 1.29 bits per heavy atom. The van der Waals surface area contributed by atoms with Gasteiger partial charge in [0.1, 0.15) is 6.04 Å². The van der Waals surface area contributed by atoms with E-state index in [1.165, 1.54) is 12.1 Å². The van der Waals surface area contributed by atoms with Gasteiger partial charge >= 0.3 is 12.0 Å². The van der Waals surface area contributed by atoms with Crippen molar-refractivity contribution in [2.75, 3.05) is 5.32 Å². The highest BCUT2D eigenvalue weighted by atomic mass is 79.9. The van der Waals surface area contributed by atoms with E-state index in [1.807, 2.05) is 0 Å². The van der Waals surface area contributed by atoms with Crippen molar-refractivity contribution in [3.63, 3.8) is 0 Å². The molecule has 21 heavy (non-hydrogen) atoms. The van der Waals surface area contributed by atoms with Crippen molar-refractivity contribution >= 4 is 39.5 Å². The van der Waals surface area contributed by atoms with Crippen molar-refractivity contribution in [2.24, 2.45) is 11.7 Å². The molecule has 0 fully saturated rings. The van der Waals surface area contributed by atoms with E-state index in [9.17, 15) is 14.4 Å². The standard InChI is InChI=1S/C13H16BrN3O4/c1-6(2)10(17-13(15)21)11(18)16-9-5-7(14)3-4-8(9)12(19)20/h3-6,10H,1-2H3,(H,16,18)(H,19,20)(H3,15,17,21). The summed E-state index contributed by atoms with van der Waals surface area (Å²) in [6.07, 6.45) is 0. The third kappa shape index (κ3) is 4.75. The molecule has 0 saturated carbocycles. The van der Waals surface area contributed by atoms with Gasteiger partial charge < -0.3 is 21.5 Å². The zero-order chi connectivity index (χ0) is 16.2. The Morgan fingerprint density at radius 2 is 1.90 bits per heavy atom. The molecular formula is C13H16BrN3O4. The SMILES string of the molecule is CC(C)C(NC(N)=O)C(=O)Nc1cc(Br)ccc1C(=O)O. The Bertz CT molecular complexity index is 575. The third-order valence-corrected chi connectivity index (χ3v) is 3.21. The maximum Gasteiger partial charge on any atom is 0.337 e. The van der Waals surface area contributed by atoms with E-state index in [4.69, 9.17) is 10.8 Å². The van der Waals surface area contributed by atoms with Gasteiger partial charge in [0.05, 0.1) is 11.3 Å². The summed E-state index contributed by atoms with van der Waals surface area (Å²) in [5.41, 5.74) is 5.12. The molecule has 0 saturated heterocycles. The summed E-state index contributed by atoms with van der Waals surface area (Å²) in [7, 11) is 0. The van der Waals surface area contributed by atoms with E-state index in [-0.39, 0.29) is 17.2 Å². The van der Waals surface area contributed by atoms with Crippen LogP contribution in [0.25, 0.3) is 0 Å². The molecule has 1 atom stereocenters. The first-order valence-electron chi connectivity index (χ1n) is 6.12. The fourth-order valence-electron chi connectivity index (χ4n) is 1.71. The van der Waals surface area contributed by atoms with E-state index in [0.717, 1.165) is 0 Å². The zero-order valence-corrected chi connectivity index (χ0v) is 13.1. The van der Waals surface area contributed by atoms with Crippen LogP contribution in [0.15, 0.2) is 22.7 Å². The van der Waals surface area contributed by atoms with Crippen molar-refractivity contribution in [2.45, 2.75) is 19.9 Å². The molecule has 0 bridgehead atoms. The van der Waals surface area contributed by atoms with Crippen molar-refractivity contribution in [1.29, 1.82) is 0 Å². The van der Waals surface area contributed by atoms with Crippen LogP contribution in [0.2, 0.25) is 0 Å². The van der Waals surface area contributed by atoms with Crippen LogP contribution in [-0.2, 0) is 4.79 Å². The summed E-state index contributed by atoms with van der Waals surface area (Å²) in [5, 5.41) is 13.9. The molecule has 0 spiro atoms. The normalized spacial score (nSPS) is 11.8. The van der Waals surface area contributed by atoms with Gasteiger partial charge in [-0.3, -0.25) is 4.79 Å². The molecule has 1 unspecified atom stereocenters. The van der Waals surface area contributed by atoms with E-state index in [0.29, 0.717) is 4.47 Å². The Kier molecular flexibility index (Phi) is 5.71. The molecule has 0 radical (unpaired) electrons. The summed E-state index contributed by atoms with van der Waals surface area (Å²) in [5.74, 6) is -1.91. The second-order valence-corrected chi connectivity index (χ2v) is 5.63. The third-order valence-electron chi connectivity index (χ3n) is 2.72. The van der Waals surface area contributed by atoms with Crippen LogP contribution in [-0.4, -0.2) is 29.1 Å². The van der Waals surface area contributed by atoms with Gasteiger partial charge in [-0.1, -0.05) is 29.8 Å². The number of anilines is 1. The highest BCUT2D eigenvalue weighted by Crippen LogP contribution is 2.22. The van der Waals surface area contributed by atoms with Crippen LogP contribution in [0.4, 0.5) is 10.5 Å². The molecule has 1 aromatic rings. The monoisotopic (exact) mass is 357 g/mol. The van der Waals surface area contributed by atoms with Crippen LogP contribution in [0.3, 0.4) is 0 Å². The molecule has 1 rings (SSSR count). The van der Waals surface area contributed by atoms with Gasteiger partial charge in [-0.25, -0.2) is 9.59 Å². The summed E-state index contributed by atoms with van der Waals surface area (Å²) < 4.78 is 0.617. The molecule has 8 heteroatoms. The van der Waals surface area contributed by atoms with Crippen molar-refractivity contribution in [1.82, 2.24) is 5.32 Å². The summed E-state index contributed by atoms with van der Waals surface area (Å²) in [4.78, 5) is 34.3. The lowest BCUT2D eigenvalue weighted by Crippen LogP contribution is -2.49. The number of carboxylic acids is 1. The number of carbonyl (C=O) groups excluding carboxylic acids is 2. The number of amides is 3. The maximum atomic E-state index is 12.2. The number of hydrogen-bond donors (Lipinski definition) is 4. The fraction of sp³-hybridized carbons (Fsp3) is 0.308. The van der Waals surface area contributed by atoms with E-state index in [2.05, 4.69) is 26.6 Å². The highest BCUT2D eigenvalue weighted by molar-refractivity contribution is 9.10.